The zero-order valence-electron chi connectivity index (χ0n) is 18.5. The van der Waals surface area contributed by atoms with Gasteiger partial charge in [0, 0.05) is 32.7 Å². The number of aromatic nitrogens is 2. The predicted molar refractivity (Wildman–Crippen MR) is 118 cm³/mol. The molecule has 9 nitrogen and oxygen atoms in total. The second-order valence-corrected chi connectivity index (χ2v) is 8.68. The van der Waals surface area contributed by atoms with Crippen LogP contribution in [-0.2, 0) is 16.1 Å². The maximum Gasteiger partial charge on any atom is 0.410 e. The number of piperazine rings is 1. The van der Waals surface area contributed by atoms with Crippen molar-refractivity contribution in [2.45, 2.75) is 39.3 Å². The monoisotopic (exact) mass is 429 g/mol. The Balaban J connectivity index is 1.38. The first-order valence-electron chi connectivity index (χ1n) is 10.6. The van der Waals surface area contributed by atoms with Crippen LogP contribution in [0.3, 0.4) is 0 Å². The third-order valence-electron chi connectivity index (χ3n) is 5.05. The highest BCUT2D eigenvalue weighted by molar-refractivity contribution is 5.79. The molecule has 2 aromatic rings. The molecule has 1 aliphatic rings. The maximum atomic E-state index is 12.3. The first kappa shape index (κ1) is 22.7. The minimum absolute atomic E-state index is 0.0313. The van der Waals surface area contributed by atoms with Crippen molar-refractivity contribution in [3.05, 3.63) is 40.8 Å². The van der Waals surface area contributed by atoms with Crippen LogP contribution in [-0.4, -0.2) is 76.2 Å². The lowest BCUT2D eigenvalue weighted by atomic mass is 10.2. The van der Waals surface area contributed by atoms with Gasteiger partial charge < -0.3 is 15.0 Å². The number of ether oxygens (including phenoxy) is 1. The van der Waals surface area contributed by atoms with Crippen molar-refractivity contribution in [2.75, 3.05) is 39.3 Å². The molecule has 0 saturated carbocycles. The lowest BCUT2D eigenvalue weighted by Crippen LogP contribution is -2.50. The van der Waals surface area contributed by atoms with Crippen LogP contribution in [0.4, 0.5) is 4.79 Å². The average molecular weight is 430 g/mol. The fourth-order valence-electron chi connectivity index (χ4n) is 3.49. The van der Waals surface area contributed by atoms with Crippen molar-refractivity contribution in [3.8, 4) is 0 Å². The van der Waals surface area contributed by atoms with Gasteiger partial charge in [-0.3, -0.25) is 19.1 Å². The molecule has 1 saturated heterocycles. The summed E-state index contributed by atoms with van der Waals surface area (Å²) in [6, 6.07) is 7.26. The van der Waals surface area contributed by atoms with E-state index < -0.39 is 5.60 Å². The van der Waals surface area contributed by atoms with Gasteiger partial charge in [0.15, 0.2) is 0 Å². The van der Waals surface area contributed by atoms with Gasteiger partial charge in [0.2, 0.25) is 5.91 Å². The zero-order valence-corrected chi connectivity index (χ0v) is 18.5. The van der Waals surface area contributed by atoms with Gasteiger partial charge in [0.1, 0.15) is 12.1 Å². The molecular weight excluding hydrogens is 398 g/mol. The molecule has 0 unspecified atom stereocenters. The molecule has 2 heterocycles. The van der Waals surface area contributed by atoms with E-state index in [2.05, 4.69) is 15.2 Å². The quantitative estimate of drug-likeness (QED) is 0.699. The summed E-state index contributed by atoms with van der Waals surface area (Å²) in [7, 11) is 0. The summed E-state index contributed by atoms with van der Waals surface area (Å²) < 4.78 is 6.85. The Hall–Kier alpha value is -2.94. The van der Waals surface area contributed by atoms with Gasteiger partial charge in [0.25, 0.3) is 5.56 Å². The number of rotatable bonds is 6. The molecule has 0 spiro atoms. The van der Waals surface area contributed by atoms with Gasteiger partial charge in [-0.15, -0.1) is 0 Å². The van der Waals surface area contributed by atoms with Crippen LogP contribution in [0.15, 0.2) is 35.3 Å². The third kappa shape index (κ3) is 6.52. The number of nitrogens with one attached hydrogen (secondary N) is 1. The Kier molecular flexibility index (Phi) is 7.27. The Labute approximate surface area is 182 Å². The SMILES string of the molecule is CC(C)(C)OC(=O)N1CCN(CCCNC(=O)Cn2c(=O)cnc3ccccc32)CC1. The van der Waals surface area contributed by atoms with E-state index in [4.69, 9.17) is 4.74 Å². The number of hydrogen-bond donors (Lipinski definition) is 1. The first-order chi connectivity index (χ1) is 14.7. The molecule has 0 aliphatic carbocycles. The summed E-state index contributed by atoms with van der Waals surface area (Å²) in [5.41, 5.74) is 0.547. The minimum Gasteiger partial charge on any atom is -0.444 e. The number of benzene rings is 1. The van der Waals surface area contributed by atoms with E-state index in [0.29, 0.717) is 30.7 Å². The van der Waals surface area contributed by atoms with Gasteiger partial charge in [-0.05, 0) is 45.9 Å². The van der Waals surface area contributed by atoms with Crippen molar-refractivity contribution < 1.29 is 14.3 Å². The van der Waals surface area contributed by atoms with Crippen molar-refractivity contribution in [2.24, 2.45) is 0 Å². The molecule has 1 aromatic carbocycles. The highest BCUT2D eigenvalue weighted by atomic mass is 16.6. The molecule has 0 bridgehead atoms. The Morgan fingerprint density at radius 1 is 1.13 bits per heavy atom. The van der Waals surface area contributed by atoms with E-state index in [-0.39, 0.29) is 24.1 Å². The highest BCUT2D eigenvalue weighted by Gasteiger charge is 2.25. The molecule has 1 aliphatic heterocycles. The Morgan fingerprint density at radius 3 is 2.55 bits per heavy atom. The molecule has 3 rings (SSSR count). The van der Waals surface area contributed by atoms with Crippen LogP contribution in [0, 0.1) is 0 Å². The molecule has 168 valence electrons. The molecule has 0 atom stereocenters. The summed E-state index contributed by atoms with van der Waals surface area (Å²) >= 11 is 0. The van der Waals surface area contributed by atoms with E-state index >= 15 is 0 Å². The largest absolute Gasteiger partial charge is 0.444 e. The number of para-hydroxylation sites is 2. The lowest BCUT2D eigenvalue weighted by molar-refractivity contribution is -0.121. The Morgan fingerprint density at radius 2 is 1.84 bits per heavy atom. The molecule has 2 amide bonds. The van der Waals surface area contributed by atoms with Gasteiger partial charge in [-0.25, -0.2) is 9.78 Å². The van der Waals surface area contributed by atoms with Gasteiger partial charge in [-0.1, -0.05) is 12.1 Å². The van der Waals surface area contributed by atoms with Gasteiger partial charge >= 0.3 is 6.09 Å². The maximum absolute atomic E-state index is 12.3. The van der Waals surface area contributed by atoms with Crippen molar-refractivity contribution in [3.63, 3.8) is 0 Å². The molecule has 0 radical (unpaired) electrons. The fraction of sp³-hybridized carbons (Fsp3) is 0.545. The highest BCUT2D eigenvalue weighted by Crippen LogP contribution is 2.12. The third-order valence-corrected chi connectivity index (χ3v) is 5.05. The summed E-state index contributed by atoms with van der Waals surface area (Å²) in [6.07, 6.45) is 1.77. The summed E-state index contributed by atoms with van der Waals surface area (Å²) in [5, 5.41) is 2.89. The van der Waals surface area contributed by atoms with Crippen molar-refractivity contribution in [1.29, 1.82) is 0 Å². The predicted octanol–water partition coefficient (Wildman–Crippen LogP) is 1.46. The number of hydrogen-bond acceptors (Lipinski definition) is 6. The van der Waals surface area contributed by atoms with Crippen molar-refractivity contribution >= 4 is 23.0 Å². The van der Waals surface area contributed by atoms with E-state index in [1.807, 2.05) is 39.0 Å². The topological polar surface area (TPSA) is 96.8 Å². The van der Waals surface area contributed by atoms with Crippen LogP contribution in [0.5, 0.6) is 0 Å². The van der Waals surface area contributed by atoms with Crippen LogP contribution in [0.2, 0.25) is 0 Å². The van der Waals surface area contributed by atoms with E-state index in [1.165, 1.54) is 10.8 Å². The van der Waals surface area contributed by atoms with Crippen molar-refractivity contribution in [1.82, 2.24) is 24.7 Å². The zero-order chi connectivity index (χ0) is 22.4. The fourth-order valence-corrected chi connectivity index (χ4v) is 3.49. The summed E-state index contributed by atoms with van der Waals surface area (Å²) in [6.45, 7) is 9.77. The van der Waals surface area contributed by atoms with Crippen LogP contribution >= 0.6 is 0 Å². The van der Waals surface area contributed by atoms with Crippen LogP contribution < -0.4 is 10.9 Å². The van der Waals surface area contributed by atoms with E-state index in [0.717, 1.165) is 26.1 Å². The van der Waals surface area contributed by atoms with Gasteiger partial charge in [0.05, 0.1) is 17.2 Å². The standard InChI is InChI=1S/C22H31N5O4/c1-22(2,3)31-21(30)26-13-11-25(12-14-26)10-6-9-23-19(28)16-27-18-8-5-4-7-17(18)24-15-20(27)29/h4-5,7-8,15H,6,9-14,16H2,1-3H3,(H,23,28). The second-order valence-electron chi connectivity index (χ2n) is 8.68. The summed E-state index contributed by atoms with van der Waals surface area (Å²) in [5.74, 6) is -0.201. The first-order valence-corrected chi connectivity index (χ1v) is 10.6. The molecule has 1 aromatic heterocycles. The van der Waals surface area contributed by atoms with E-state index in [9.17, 15) is 14.4 Å². The minimum atomic E-state index is -0.486. The summed E-state index contributed by atoms with van der Waals surface area (Å²) in [4.78, 5) is 44.7. The Bertz CT molecular complexity index is 974. The van der Waals surface area contributed by atoms with Crippen LogP contribution in [0.1, 0.15) is 27.2 Å². The number of fused-ring (bicyclic) bond motifs is 1. The van der Waals surface area contributed by atoms with E-state index in [1.54, 1.807) is 11.0 Å². The smallest absolute Gasteiger partial charge is 0.410 e. The van der Waals surface area contributed by atoms with Gasteiger partial charge in [-0.2, -0.15) is 0 Å². The molecule has 1 fully saturated rings. The normalized spacial score (nSPS) is 15.1. The molecule has 31 heavy (non-hydrogen) atoms. The lowest BCUT2D eigenvalue weighted by Gasteiger charge is -2.35. The van der Waals surface area contributed by atoms with Crippen LogP contribution in [0.25, 0.3) is 11.0 Å². The second kappa shape index (κ2) is 9.91. The molecule has 1 N–H and O–H groups in total. The number of nitrogens with zero attached hydrogens (tertiary/aromatic N) is 4. The number of carbonyl (C=O) groups is 2. The average Bonchev–Trinajstić information content (AvgIpc) is 2.72. The molecule has 9 heteroatoms. The number of carbonyl (C=O) groups excluding carboxylic acids is 2. The molecular formula is C22H31N5O4. The number of amides is 2.